The normalized spacial score (nSPS) is 15.3. The van der Waals surface area contributed by atoms with Crippen LogP contribution in [0.2, 0.25) is 0 Å². The van der Waals surface area contributed by atoms with Crippen LogP contribution in [0.3, 0.4) is 0 Å². The van der Waals surface area contributed by atoms with Gasteiger partial charge in [0, 0.05) is 24.7 Å². The van der Waals surface area contributed by atoms with Crippen molar-refractivity contribution in [1.29, 1.82) is 0 Å². The number of benzene rings is 2. The van der Waals surface area contributed by atoms with Crippen LogP contribution in [-0.4, -0.2) is 33.2 Å². The highest BCUT2D eigenvalue weighted by molar-refractivity contribution is 7.99. The van der Waals surface area contributed by atoms with Gasteiger partial charge in [0.05, 0.1) is 16.7 Å². The largest absolute Gasteiger partial charge is 0.370 e. The number of thioether (sulfide) groups is 1. The second-order valence-corrected chi connectivity index (χ2v) is 9.66. The van der Waals surface area contributed by atoms with E-state index in [0.717, 1.165) is 31.4 Å². The van der Waals surface area contributed by atoms with E-state index in [2.05, 4.69) is 13.0 Å². The average Bonchev–Trinajstić information content (AvgIpc) is 2.83. The number of fused-ring (bicyclic) bond motifs is 2. The molecule has 4 rings (SSSR count). The Morgan fingerprint density at radius 2 is 1.85 bits per heavy atom. The number of anilines is 1. The van der Waals surface area contributed by atoms with E-state index in [-0.39, 0.29) is 29.2 Å². The molecular formula is C26H30N4O3S. The van der Waals surface area contributed by atoms with Crippen LogP contribution in [0.5, 0.6) is 0 Å². The van der Waals surface area contributed by atoms with E-state index in [9.17, 15) is 14.4 Å². The Kier molecular flexibility index (Phi) is 7.67. The van der Waals surface area contributed by atoms with Crippen LogP contribution in [-0.2, 0) is 22.6 Å². The Hall–Kier alpha value is -3.13. The number of hydrogen-bond acceptors (Lipinski definition) is 5. The highest BCUT2D eigenvalue weighted by Crippen LogP contribution is 2.31. The molecule has 34 heavy (non-hydrogen) atoms. The van der Waals surface area contributed by atoms with Crippen LogP contribution >= 0.6 is 11.8 Å². The molecule has 8 heteroatoms. The summed E-state index contributed by atoms with van der Waals surface area (Å²) in [5.74, 6) is -0.0987. The molecule has 0 aliphatic carbocycles. The Balaban J connectivity index is 1.54. The molecule has 2 N–H and O–H groups in total. The van der Waals surface area contributed by atoms with Crippen LogP contribution < -0.4 is 16.2 Å². The quantitative estimate of drug-likeness (QED) is 0.286. The minimum absolute atomic E-state index is 0.0139. The smallest absolute Gasteiger partial charge is 0.262 e. The first-order valence-electron chi connectivity index (χ1n) is 11.8. The Morgan fingerprint density at radius 1 is 1.09 bits per heavy atom. The molecule has 178 valence electrons. The minimum atomic E-state index is -0.312. The van der Waals surface area contributed by atoms with Gasteiger partial charge in [0.2, 0.25) is 11.8 Å². The lowest BCUT2D eigenvalue weighted by molar-refractivity contribution is -0.118. The summed E-state index contributed by atoms with van der Waals surface area (Å²) in [6.45, 7) is 2.56. The van der Waals surface area contributed by atoms with E-state index in [4.69, 9.17) is 10.7 Å². The zero-order valence-electron chi connectivity index (χ0n) is 19.4. The molecule has 0 radical (unpaired) electrons. The van der Waals surface area contributed by atoms with E-state index in [0.29, 0.717) is 35.4 Å². The number of para-hydroxylation sites is 2. The molecule has 0 spiro atoms. The van der Waals surface area contributed by atoms with Gasteiger partial charge in [-0.2, -0.15) is 0 Å². The summed E-state index contributed by atoms with van der Waals surface area (Å²) < 4.78 is 1.66. The third kappa shape index (κ3) is 5.33. The van der Waals surface area contributed by atoms with E-state index >= 15 is 0 Å². The third-order valence-corrected chi connectivity index (χ3v) is 7.21. The fraction of sp³-hybridized carbons (Fsp3) is 0.385. The standard InChI is InChI=1S/C26H30N4O3S/c1-18-14-15-19-9-4-7-12-22(19)30(18)24(32)17-34-26-28-21-11-6-5-10-20(21)25(33)29(26)16-8-2-3-13-23(27)31/h4-7,9-12,18H,2-3,8,13-17H2,1H3,(H2,27,31). The lowest BCUT2D eigenvalue weighted by Crippen LogP contribution is -2.43. The third-order valence-electron chi connectivity index (χ3n) is 6.25. The van der Waals surface area contributed by atoms with Crippen LogP contribution in [0.15, 0.2) is 58.5 Å². The Bertz CT molecular complexity index is 1260. The van der Waals surface area contributed by atoms with Crippen molar-refractivity contribution in [2.75, 3.05) is 10.7 Å². The van der Waals surface area contributed by atoms with Crippen LogP contribution in [0.4, 0.5) is 5.69 Å². The van der Waals surface area contributed by atoms with Crippen molar-refractivity contribution in [3.63, 3.8) is 0 Å². The van der Waals surface area contributed by atoms with Gasteiger partial charge in [-0.3, -0.25) is 19.0 Å². The number of hydrogen-bond donors (Lipinski definition) is 1. The number of amides is 2. The van der Waals surface area contributed by atoms with Crippen molar-refractivity contribution in [2.24, 2.45) is 5.73 Å². The highest BCUT2D eigenvalue weighted by Gasteiger charge is 2.28. The summed E-state index contributed by atoms with van der Waals surface area (Å²) in [6.07, 6.45) is 4.45. The maximum Gasteiger partial charge on any atom is 0.262 e. The Labute approximate surface area is 203 Å². The molecule has 3 aromatic rings. The molecule has 0 bridgehead atoms. The van der Waals surface area contributed by atoms with Crippen molar-refractivity contribution in [3.8, 4) is 0 Å². The summed E-state index contributed by atoms with van der Waals surface area (Å²) in [7, 11) is 0. The molecule has 7 nitrogen and oxygen atoms in total. The van der Waals surface area contributed by atoms with Crippen molar-refractivity contribution < 1.29 is 9.59 Å². The van der Waals surface area contributed by atoms with Crippen molar-refractivity contribution in [3.05, 3.63) is 64.4 Å². The number of primary amides is 1. The van der Waals surface area contributed by atoms with Gasteiger partial charge in [-0.15, -0.1) is 0 Å². The molecule has 1 unspecified atom stereocenters. The second kappa shape index (κ2) is 10.9. The van der Waals surface area contributed by atoms with Crippen LogP contribution in [0.1, 0.15) is 44.6 Å². The molecular weight excluding hydrogens is 448 g/mol. The first kappa shape index (κ1) is 24.0. The lowest BCUT2D eigenvalue weighted by Gasteiger charge is -2.35. The number of rotatable bonds is 9. The number of nitrogens with zero attached hydrogens (tertiary/aromatic N) is 3. The van der Waals surface area contributed by atoms with Crippen molar-refractivity contribution in [2.45, 2.75) is 63.2 Å². The van der Waals surface area contributed by atoms with Gasteiger partial charge in [-0.25, -0.2) is 4.98 Å². The first-order chi connectivity index (χ1) is 16.5. The monoisotopic (exact) mass is 478 g/mol. The maximum absolute atomic E-state index is 13.3. The summed E-state index contributed by atoms with van der Waals surface area (Å²) >= 11 is 1.31. The predicted molar refractivity (Wildman–Crippen MR) is 136 cm³/mol. The zero-order valence-corrected chi connectivity index (χ0v) is 20.2. The molecule has 1 aliphatic heterocycles. The van der Waals surface area contributed by atoms with Gasteiger partial charge >= 0.3 is 0 Å². The first-order valence-corrected chi connectivity index (χ1v) is 12.7. The predicted octanol–water partition coefficient (Wildman–Crippen LogP) is 3.90. The molecule has 1 atom stereocenters. The van der Waals surface area contributed by atoms with E-state index in [1.807, 2.05) is 41.3 Å². The van der Waals surface area contributed by atoms with Gasteiger partial charge < -0.3 is 10.6 Å². The fourth-order valence-corrected chi connectivity index (χ4v) is 5.35. The molecule has 1 aromatic heterocycles. The van der Waals surface area contributed by atoms with Gasteiger partial charge in [0.1, 0.15) is 0 Å². The Morgan fingerprint density at radius 3 is 2.68 bits per heavy atom. The van der Waals surface area contributed by atoms with Gasteiger partial charge in [-0.1, -0.05) is 48.5 Å². The molecule has 2 aromatic carbocycles. The van der Waals surface area contributed by atoms with Gasteiger partial charge in [0.15, 0.2) is 5.16 Å². The lowest BCUT2D eigenvalue weighted by atomic mass is 9.97. The summed E-state index contributed by atoms with van der Waals surface area (Å²) in [5, 5.41) is 1.11. The number of unbranched alkanes of at least 4 members (excludes halogenated alkanes) is 2. The molecule has 0 saturated carbocycles. The van der Waals surface area contributed by atoms with E-state index in [1.165, 1.54) is 17.3 Å². The maximum atomic E-state index is 13.3. The topological polar surface area (TPSA) is 98.3 Å². The van der Waals surface area contributed by atoms with Gasteiger partial charge in [0.25, 0.3) is 5.56 Å². The SMILES string of the molecule is CC1CCc2ccccc2N1C(=O)CSc1nc2ccccc2c(=O)n1CCCCCC(N)=O. The number of carbonyl (C=O) groups excluding carboxylic acids is 2. The van der Waals surface area contributed by atoms with Gasteiger partial charge in [-0.05, 0) is 56.4 Å². The molecule has 1 aliphatic rings. The second-order valence-electron chi connectivity index (χ2n) is 8.71. The number of aromatic nitrogens is 2. The van der Waals surface area contributed by atoms with E-state index in [1.54, 1.807) is 10.6 Å². The molecule has 0 fully saturated rings. The van der Waals surface area contributed by atoms with E-state index < -0.39 is 0 Å². The fourth-order valence-electron chi connectivity index (χ4n) is 4.47. The number of nitrogens with two attached hydrogens (primary N) is 1. The minimum Gasteiger partial charge on any atom is -0.370 e. The molecule has 2 heterocycles. The zero-order chi connectivity index (χ0) is 24.1. The van der Waals surface area contributed by atoms with Crippen LogP contribution in [0.25, 0.3) is 10.9 Å². The molecule has 2 amide bonds. The van der Waals surface area contributed by atoms with Crippen molar-refractivity contribution >= 4 is 40.2 Å². The summed E-state index contributed by atoms with van der Waals surface area (Å²) in [6, 6.07) is 15.5. The summed E-state index contributed by atoms with van der Waals surface area (Å²) in [4.78, 5) is 44.1. The summed E-state index contributed by atoms with van der Waals surface area (Å²) in [5.41, 5.74) is 7.91. The number of carbonyl (C=O) groups is 2. The molecule has 0 saturated heterocycles. The van der Waals surface area contributed by atoms with Crippen LogP contribution in [0, 0.1) is 0 Å². The average molecular weight is 479 g/mol. The van der Waals surface area contributed by atoms with Crippen molar-refractivity contribution in [1.82, 2.24) is 9.55 Å². The number of aryl methyl sites for hydroxylation is 1. The highest BCUT2D eigenvalue weighted by atomic mass is 32.2.